The van der Waals surface area contributed by atoms with Crippen LogP contribution in [0.25, 0.3) is 0 Å². The van der Waals surface area contributed by atoms with E-state index in [0.717, 1.165) is 11.4 Å². The van der Waals surface area contributed by atoms with E-state index in [9.17, 15) is 4.79 Å². The maximum Gasteiger partial charge on any atom is 0.250 e. The van der Waals surface area contributed by atoms with Crippen molar-refractivity contribution in [1.82, 2.24) is 10.4 Å². The Kier molecular flexibility index (Phi) is 4.02. The summed E-state index contributed by atoms with van der Waals surface area (Å²) in [6, 6.07) is 5.70. The van der Waals surface area contributed by atoms with Gasteiger partial charge in [-0.1, -0.05) is 38.6 Å². The molecule has 1 aromatic rings. The zero-order valence-electron chi connectivity index (χ0n) is 13.4. The van der Waals surface area contributed by atoms with Crippen LogP contribution in [0.5, 0.6) is 0 Å². The number of fused-ring (bicyclic) bond motifs is 2. The highest BCUT2D eigenvalue weighted by atomic mass is 32.2. The summed E-state index contributed by atoms with van der Waals surface area (Å²) in [7, 11) is 0. The summed E-state index contributed by atoms with van der Waals surface area (Å²) in [5.41, 5.74) is 4.34. The van der Waals surface area contributed by atoms with Crippen molar-refractivity contribution in [3.63, 3.8) is 0 Å². The lowest BCUT2D eigenvalue weighted by Gasteiger charge is -2.34. The van der Waals surface area contributed by atoms with Crippen molar-refractivity contribution in [1.29, 1.82) is 0 Å². The van der Waals surface area contributed by atoms with Crippen LogP contribution in [0.1, 0.15) is 40.0 Å². The van der Waals surface area contributed by atoms with Crippen LogP contribution < -0.4 is 5.43 Å². The summed E-state index contributed by atoms with van der Waals surface area (Å²) in [5, 5.41) is 5.33. The van der Waals surface area contributed by atoms with E-state index in [4.69, 9.17) is 0 Å². The molecule has 0 radical (unpaired) electrons. The van der Waals surface area contributed by atoms with Crippen LogP contribution in [0, 0.1) is 16.7 Å². The molecule has 4 nitrogen and oxygen atoms in total. The molecule has 118 valence electrons. The van der Waals surface area contributed by atoms with E-state index in [1.54, 1.807) is 6.20 Å². The molecule has 1 N–H and O–H groups in total. The largest absolute Gasteiger partial charge is 0.272 e. The van der Waals surface area contributed by atoms with E-state index < -0.39 is 0 Å². The van der Waals surface area contributed by atoms with Gasteiger partial charge in [0, 0.05) is 17.3 Å². The second kappa shape index (κ2) is 5.69. The average Bonchev–Trinajstić information content (AvgIpc) is 2.85. The SMILES string of the molecule is CC12CCC(C/C1=N\NC(=O)CSc1ccccn1)C2(C)C. The standard InChI is InChI=1S/C17H23N3OS/c1-16(2)12-7-8-17(16,3)13(10-12)19-20-14(21)11-22-15-6-4-5-9-18-15/h4-6,9,12H,7-8,10-11H2,1-3H3,(H,20,21)/b19-13+. The van der Waals surface area contributed by atoms with Crippen molar-refractivity contribution in [2.75, 3.05) is 5.75 Å². The maximum atomic E-state index is 12.0. The molecule has 2 unspecified atom stereocenters. The summed E-state index contributed by atoms with van der Waals surface area (Å²) in [4.78, 5) is 16.2. The van der Waals surface area contributed by atoms with Gasteiger partial charge in [-0.2, -0.15) is 5.10 Å². The molecule has 2 aliphatic carbocycles. The molecule has 5 heteroatoms. The number of hydrogen-bond donors (Lipinski definition) is 1. The molecule has 1 amide bonds. The van der Waals surface area contributed by atoms with Gasteiger partial charge in [0.15, 0.2) is 0 Å². The van der Waals surface area contributed by atoms with Gasteiger partial charge in [0.25, 0.3) is 0 Å². The van der Waals surface area contributed by atoms with Crippen LogP contribution in [0.4, 0.5) is 0 Å². The molecule has 2 saturated carbocycles. The maximum absolute atomic E-state index is 12.0. The first-order valence-corrected chi connectivity index (χ1v) is 8.82. The van der Waals surface area contributed by atoms with Gasteiger partial charge < -0.3 is 0 Å². The van der Waals surface area contributed by atoms with E-state index in [2.05, 4.69) is 36.3 Å². The second-order valence-corrected chi connectivity index (χ2v) is 8.04. The van der Waals surface area contributed by atoms with Gasteiger partial charge in [-0.05, 0) is 42.7 Å². The number of aromatic nitrogens is 1. The topological polar surface area (TPSA) is 54.4 Å². The number of thioether (sulfide) groups is 1. The first-order chi connectivity index (χ1) is 10.4. The minimum Gasteiger partial charge on any atom is -0.272 e. The second-order valence-electron chi connectivity index (χ2n) is 7.04. The lowest BCUT2D eigenvalue weighted by atomic mass is 9.70. The number of hydrogen-bond acceptors (Lipinski definition) is 4. The molecule has 1 heterocycles. The molecule has 0 aromatic carbocycles. The van der Waals surface area contributed by atoms with Crippen LogP contribution in [0.2, 0.25) is 0 Å². The Morgan fingerprint density at radius 2 is 2.27 bits per heavy atom. The molecule has 22 heavy (non-hydrogen) atoms. The lowest BCUT2D eigenvalue weighted by molar-refractivity contribution is -0.118. The highest BCUT2D eigenvalue weighted by molar-refractivity contribution is 7.99. The molecule has 1 aromatic heterocycles. The molecule has 3 rings (SSSR count). The quantitative estimate of drug-likeness (QED) is 0.683. The van der Waals surface area contributed by atoms with Gasteiger partial charge in [0.1, 0.15) is 0 Å². The van der Waals surface area contributed by atoms with Crippen molar-refractivity contribution in [2.24, 2.45) is 21.8 Å². The van der Waals surface area contributed by atoms with Crippen molar-refractivity contribution in [3.05, 3.63) is 24.4 Å². The van der Waals surface area contributed by atoms with E-state index >= 15 is 0 Å². The number of nitrogens with zero attached hydrogens (tertiary/aromatic N) is 2. The Morgan fingerprint density at radius 3 is 2.86 bits per heavy atom. The number of nitrogens with one attached hydrogen (secondary N) is 1. The Hall–Kier alpha value is -1.36. The van der Waals surface area contributed by atoms with Gasteiger partial charge in [-0.15, -0.1) is 0 Å². The summed E-state index contributed by atoms with van der Waals surface area (Å²) >= 11 is 1.43. The number of carbonyl (C=O) groups is 1. The molecular weight excluding hydrogens is 294 g/mol. The fourth-order valence-corrected chi connectivity index (χ4v) is 4.49. The first kappa shape index (κ1) is 15.5. The Balaban J connectivity index is 1.57. The predicted molar refractivity (Wildman–Crippen MR) is 89.8 cm³/mol. The van der Waals surface area contributed by atoms with Crippen molar-refractivity contribution >= 4 is 23.4 Å². The normalized spacial score (nSPS) is 30.7. The summed E-state index contributed by atoms with van der Waals surface area (Å²) < 4.78 is 0. The van der Waals surface area contributed by atoms with Crippen LogP contribution >= 0.6 is 11.8 Å². The molecule has 0 saturated heterocycles. The summed E-state index contributed by atoms with van der Waals surface area (Å²) in [6.07, 6.45) is 5.23. The highest BCUT2D eigenvalue weighted by Gasteiger charge is 2.59. The molecule has 2 fully saturated rings. The van der Waals surface area contributed by atoms with Crippen LogP contribution in [0.3, 0.4) is 0 Å². The molecule has 2 atom stereocenters. The Labute approximate surface area is 136 Å². The van der Waals surface area contributed by atoms with Crippen molar-refractivity contribution in [2.45, 2.75) is 45.1 Å². The highest BCUT2D eigenvalue weighted by Crippen LogP contribution is 2.63. The summed E-state index contributed by atoms with van der Waals surface area (Å²) in [5.74, 6) is 0.987. The fourth-order valence-electron chi connectivity index (χ4n) is 3.83. The third kappa shape index (κ3) is 2.56. The van der Waals surface area contributed by atoms with E-state index in [1.165, 1.54) is 30.3 Å². The number of rotatable bonds is 4. The predicted octanol–water partition coefficient (Wildman–Crippen LogP) is 3.49. The Bertz CT molecular complexity index is 599. The third-order valence-corrected chi connectivity index (χ3v) is 6.76. The van der Waals surface area contributed by atoms with Gasteiger partial charge in [-0.3, -0.25) is 4.79 Å². The van der Waals surface area contributed by atoms with Gasteiger partial charge in [-0.25, -0.2) is 10.4 Å². The average molecular weight is 317 g/mol. The number of amides is 1. The van der Waals surface area contributed by atoms with Crippen LogP contribution in [-0.2, 0) is 4.79 Å². The molecule has 2 aliphatic rings. The number of carbonyl (C=O) groups excluding carboxylic acids is 1. The third-order valence-electron chi connectivity index (χ3n) is 5.82. The van der Waals surface area contributed by atoms with Gasteiger partial charge in [0.05, 0.1) is 10.8 Å². The first-order valence-electron chi connectivity index (χ1n) is 7.83. The summed E-state index contributed by atoms with van der Waals surface area (Å²) in [6.45, 7) is 6.98. The van der Waals surface area contributed by atoms with E-state index in [1.807, 2.05) is 18.2 Å². The fraction of sp³-hybridized carbons (Fsp3) is 0.588. The molecule has 0 aliphatic heterocycles. The lowest BCUT2D eigenvalue weighted by Crippen LogP contribution is -2.34. The minimum absolute atomic E-state index is 0.0627. The molecule has 0 spiro atoms. The van der Waals surface area contributed by atoms with Gasteiger partial charge >= 0.3 is 0 Å². The number of hydrazone groups is 1. The molecular formula is C17H23N3OS. The minimum atomic E-state index is -0.0627. The zero-order chi connectivity index (χ0) is 15.8. The monoisotopic (exact) mass is 317 g/mol. The van der Waals surface area contributed by atoms with E-state index in [0.29, 0.717) is 17.1 Å². The Morgan fingerprint density at radius 1 is 1.45 bits per heavy atom. The van der Waals surface area contributed by atoms with Gasteiger partial charge in [0.2, 0.25) is 5.91 Å². The van der Waals surface area contributed by atoms with Crippen molar-refractivity contribution < 1.29 is 4.79 Å². The van der Waals surface area contributed by atoms with E-state index in [-0.39, 0.29) is 11.3 Å². The van der Waals surface area contributed by atoms with Crippen molar-refractivity contribution in [3.8, 4) is 0 Å². The van der Waals surface area contributed by atoms with Crippen LogP contribution in [-0.4, -0.2) is 22.4 Å². The molecule has 2 bridgehead atoms. The van der Waals surface area contributed by atoms with Crippen LogP contribution in [0.15, 0.2) is 34.5 Å². The zero-order valence-corrected chi connectivity index (χ0v) is 14.2. The number of pyridine rings is 1. The smallest absolute Gasteiger partial charge is 0.250 e.